The third kappa shape index (κ3) is 3.06. The van der Waals surface area contributed by atoms with Crippen LogP contribution in [0.15, 0.2) is 18.2 Å². The van der Waals surface area contributed by atoms with Crippen LogP contribution in [0.3, 0.4) is 0 Å². The van der Waals surface area contributed by atoms with Gasteiger partial charge in [-0.25, -0.2) is 0 Å². The first-order valence-corrected chi connectivity index (χ1v) is 5.98. The van der Waals surface area contributed by atoms with E-state index in [9.17, 15) is 13.2 Å². The largest absolute Gasteiger partial charge is 0.417 e. The number of alkyl halides is 3. The minimum Gasteiger partial charge on any atom is -0.382 e. The van der Waals surface area contributed by atoms with Crippen molar-refractivity contribution in [2.45, 2.75) is 37.9 Å². The van der Waals surface area contributed by atoms with E-state index in [1.807, 2.05) is 0 Å². The summed E-state index contributed by atoms with van der Waals surface area (Å²) >= 11 is 5.55. The lowest BCUT2D eigenvalue weighted by Crippen LogP contribution is -2.15. The van der Waals surface area contributed by atoms with Crippen LogP contribution in [0.4, 0.5) is 18.9 Å². The molecule has 2 rings (SSSR count). The van der Waals surface area contributed by atoms with Crippen molar-refractivity contribution in [3.63, 3.8) is 0 Å². The Morgan fingerprint density at radius 3 is 2.41 bits per heavy atom. The van der Waals surface area contributed by atoms with Crippen molar-refractivity contribution in [2.24, 2.45) is 0 Å². The van der Waals surface area contributed by atoms with Crippen LogP contribution in [0.25, 0.3) is 0 Å². The van der Waals surface area contributed by atoms with Gasteiger partial charge in [0.15, 0.2) is 0 Å². The van der Waals surface area contributed by atoms with Crippen molar-refractivity contribution < 1.29 is 13.2 Å². The normalized spacial score (nSPS) is 17.4. The molecule has 0 bridgehead atoms. The maximum atomic E-state index is 12.6. The third-order valence-electron chi connectivity index (χ3n) is 3.00. The van der Waals surface area contributed by atoms with Crippen molar-refractivity contribution in [2.75, 3.05) is 5.32 Å². The summed E-state index contributed by atoms with van der Waals surface area (Å²) in [5, 5.41) is 2.87. The standard InChI is InChI=1S/C12H13ClF3N/c13-11-6-5-9(7-10(11)12(14,15)16)17-8-3-1-2-4-8/h5-8,17H,1-4H2. The Balaban J connectivity index is 2.18. The van der Waals surface area contributed by atoms with Gasteiger partial charge < -0.3 is 5.32 Å². The molecule has 1 nitrogen and oxygen atoms in total. The summed E-state index contributed by atoms with van der Waals surface area (Å²) in [5.41, 5.74) is -0.282. The molecule has 17 heavy (non-hydrogen) atoms. The lowest BCUT2D eigenvalue weighted by atomic mass is 10.1. The maximum Gasteiger partial charge on any atom is 0.417 e. The van der Waals surface area contributed by atoms with Gasteiger partial charge in [0.05, 0.1) is 10.6 Å². The van der Waals surface area contributed by atoms with Gasteiger partial charge in [0.25, 0.3) is 0 Å². The molecule has 0 radical (unpaired) electrons. The molecule has 0 amide bonds. The summed E-state index contributed by atoms with van der Waals surface area (Å²) in [4.78, 5) is 0. The number of rotatable bonds is 2. The molecule has 1 aromatic rings. The van der Waals surface area contributed by atoms with Crippen LogP contribution in [0.5, 0.6) is 0 Å². The molecule has 1 saturated carbocycles. The van der Waals surface area contributed by atoms with Crippen LogP contribution in [-0.2, 0) is 6.18 Å². The van der Waals surface area contributed by atoms with Crippen molar-refractivity contribution in [3.8, 4) is 0 Å². The van der Waals surface area contributed by atoms with E-state index in [4.69, 9.17) is 11.6 Å². The molecule has 0 aliphatic heterocycles. The fourth-order valence-electron chi connectivity index (χ4n) is 2.14. The number of hydrogen-bond acceptors (Lipinski definition) is 1. The number of benzene rings is 1. The first-order valence-electron chi connectivity index (χ1n) is 5.60. The highest BCUT2D eigenvalue weighted by Gasteiger charge is 2.33. The SMILES string of the molecule is FC(F)(F)c1cc(NC2CCCC2)ccc1Cl. The smallest absolute Gasteiger partial charge is 0.382 e. The zero-order valence-corrected chi connectivity index (χ0v) is 9.91. The Morgan fingerprint density at radius 1 is 1.18 bits per heavy atom. The minimum atomic E-state index is -4.40. The first kappa shape index (κ1) is 12.6. The Hall–Kier alpha value is -0.900. The summed E-state index contributed by atoms with van der Waals surface area (Å²) in [6, 6.07) is 4.26. The van der Waals surface area contributed by atoms with Gasteiger partial charge in [-0.2, -0.15) is 13.2 Å². The summed E-state index contributed by atoms with van der Waals surface area (Å²) in [5.74, 6) is 0. The fourth-order valence-corrected chi connectivity index (χ4v) is 2.36. The minimum absolute atomic E-state index is 0.255. The summed E-state index contributed by atoms with van der Waals surface area (Å²) in [6.07, 6.45) is -0.0901. The lowest BCUT2D eigenvalue weighted by Gasteiger charge is -2.16. The van der Waals surface area contributed by atoms with Crippen LogP contribution in [0.1, 0.15) is 31.2 Å². The number of anilines is 1. The van der Waals surface area contributed by atoms with E-state index in [1.165, 1.54) is 6.07 Å². The van der Waals surface area contributed by atoms with Crippen LogP contribution in [-0.4, -0.2) is 6.04 Å². The zero-order valence-electron chi connectivity index (χ0n) is 9.15. The van der Waals surface area contributed by atoms with Gasteiger partial charge in [-0.15, -0.1) is 0 Å². The average molecular weight is 264 g/mol. The molecule has 0 unspecified atom stereocenters. The molecule has 1 aromatic carbocycles. The van der Waals surface area contributed by atoms with E-state index in [-0.39, 0.29) is 11.1 Å². The Morgan fingerprint density at radius 2 is 1.82 bits per heavy atom. The summed E-state index contributed by atoms with van der Waals surface area (Å²) < 4.78 is 37.9. The second-order valence-corrected chi connectivity index (χ2v) is 4.73. The molecule has 0 saturated heterocycles. The maximum absolute atomic E-state index is 12.6. The van der Waals surface area contributed by atoms with Crippen LogP contribution >= 0.6 is 11.6 Å². The van der Waals surface area contributed by atoms with Gasteiger partial charge in [0.2, 0.25) is 0 Å². The summed E-state index contributed by atoms with van der Waals surface area (Å²) in [6.45, 7) is 0. The van der Waals surface area contributed by atoms with Gasteiger partial charge >= 0.3 is 6.18 Å². The number of hydrogen-bond donors (Lipinski definition) is 1. The van der Waals surface area contributed by atoms with E-state index in [0.717, 1.165) is 31.7 Å². The van der Waals surface area contributed by atoms with Crippen LogP contribution in [0, 0.1) is 0 Å². The highest BCUT2D eigenvalue weighted by molar-refractivity contribution is 6.31. The van der Waals surface area contributed by atoms with Crippen molar-refractivity contribution in [1.29, 1.82) is 0 Å². The van der Waals surface area contributed by atoms with Crippen molar-refractivity contribution in [3.05, 3.63) is 28.8 Å². The Kier molecular flexibility index (Phi) is 3.52. The van der Waals surface area contributed by atoms with E-state index in [0.29, 0.717) is 5.69 Å². The molecule has 0 atom stereocenters. The van der Waals surface area contributed by atoms with E-state index in [2.05, 4.69) is 5.32 Å². The average Bonchev–Trinajstić information content (AvgIpc) is 2.72. The summed E-state index contributed by atoms with van der Waals surface area (Å²) in [7, 11) is 0. The third-order valence-corrected chi connectivity index (χ3v) is 3.33. The molecular formula is C12H13ClF3N. The highest BCUT2D eigenvalue weighted by atomic mass is 35.5. The molecule has 0 spiro atoms. The Bertz CT molecular complexity index is 397. The van der Waals surface area contributed by atoms with Gasteiger partial charge in [0, 0.05) is 11.7 Å². The quantitative estimate of drug-likeness (QED) is 0.815. The van der Waals surface area contributed by atoms with Gasteiger partial charge in [0.1, 0.15) is 0 Å². The second-order valence-electron chi connectivity index (χ2n) is 4.32. The molecule has 1 aliphatic rings. The zero-order chi connectivity index (χ0) is 12.5. The molecule has 94 valence electrons. The second kappa shape index (κ2) is 4.77. The van der Waals surface area contributed by atoms with E-state index < -0.39 is 11.7 Å². The molecule has 1 N–H and O–H groups in total. The van der Waals surface area contributed by atoms with Crippen LogP contribution < -0.4 is 5.32 Å². The fraction of sp³-hybridized carbons (Fsp3) is 0.500. The van der Waals surface area contributed by atoms with Gasteiger partial charge in [-0.1, -0.05) is 24.4 Å². The molecule has 1 fully saturated rings. The van der Waals surface area contributed by atoms with Crippen molar-refractivity contribution in [1.82, 2.24) is 0 Å². The van der Waals surface area contributed by atoms with Gasteiger partial charge in [-0.05, 0) is 31.0 Å². The monoisotopic (exact) mass is 263 g/mol. The predicted octanol–water partition coefficient (Wildman–Crippen LogP) is 4.71. The molecular weight excluding hydrogens is 251 g/mol. The number of nitrogens with one attached hydrogen (secondary N) is 1. The van der Waals surface area contributed by atoms with E-state index in [1.54, 1.807) is 6.07 Å². The molecule has 1 aliphatic carbocycles. The predicted molar refractivity (Wildman–Crippen MR) is 62.3 cm³/mol. The number of halogens is 4. The van der Waals surface area contributed by atoms with Crippen molar-refractivity contribution >= 4 is 17.3 Å². The molecule has 0 aromatic heterocycles. The lowest BCUT2D eigenvalue weighted by molar-refractivity contribution is -0.137. The van der Waals surface area contributed by atoms with E-state index >= 15 is 0 Å². The topological polar surface area (TPSA) is 12.0 Å². The highest BCUT2D eigenvalue weighted by Crippen LogP contribution is 2.36. The van der Waals surface area contributed by atoms with Gasteiger partial charge in [-0.3, -0.25) is 0 Å². The Labute approximate surface area is 103 Å². The van der Waals surface area contributed by atoms with Crippen LogP contribution in [0.2, 0.25) is 5.02 Å². The molecule has 0 heterocycles. The first-order chi connectivity index (χ1) is 7.97. The molecule has 5 heteroatoms.